The van der Waals surface area contributed by atoms with E-state index in [-0.39, 0.29) is 11.4 Å². The highest BCUT2D eigenvalue weighted by Gasteiger charge is 2.36. The van der Waals surface area contributed by atoms with Crippen LogP contribution in [0.25, 0.3) is 0 Å². The van der Waals surface area contributed by atoms with Crippen molar-refractivity contribution in [3.63, 3.8) is 0 Å². The van der Waals surface area contributed by atoms with Crippen molar-refractivity contribution in [3.05, 3.63) is 0 Å². The molecule has 1 aliphatic rings. The number of amides is 2. The zero-order valence-corrected chi connectivity index (χ0v) is 11.6. The average Bonchev–Trinajstić information content (AvgIpc) is 1.96. The largest absolute Gasteiger partial charge is 0.325 e. The summed E-state index contributed by atoms with van der Waals surface area (Å²) in [4.78, 5) is 16.0. The highest BCUT2D eigenvalue weighted by molar-refractivity contribution is 5.75. The number of rotatable bonds is 2. The summed E-state index contributed by atoms with van der Waals surface area (Å²) in [5.41, 5.74) is 0.128. The van der Waals surface area contributed by atoms with Gasteiger partial charge in [-0.1, -0.05) is 34.6 Å². The Morgan fingerprint density at radius 2 is 1.75 bits per heavy atom. The molecule has 0 radical (unpaired) electrons. The molecule has 0 aromatic carbocycles. The monoisotopic (exact) mass is 226 g/mol. The molecular formula is C13H26N2O. The third-order valence-corrected chi connectivity index (χ3v) is 3.36. The third-order valence-electron chi connectivity index (χ3n) is 3.36. The first-order chi connectivity index (χ1) is 7.25. The Kier molecular flexibility index (Phi) is 3.87. The first-order valence-electron chi connectivity index (χ1n) is 6.27. The maximum Gasteiger partial charge on any atom is 0.320 e. The number of hydrogen-bond acceptors (Lipinski definition) is 1. The molecule has 94 valence electrons. The van der Waals surface area contributed by atoms with Crippen LogP contribution in [0.2, 0.25) is 0 Å². The molecule has 1 heterocycles. The molecule has 1 saturated heterocycles. The SMILES string of the molecule is CC(C)[C@H](N(C)C(=O)N1CCC1)C(C)(C)C. The Hall–Kier alpha value is -0.730. The summed E-state index contributed by atoms with van der Waals surface area (Å²) in [5, 5.41) is 0. The molecule has 1 aliphatic heterocycles. The highest BCUT2D eigenvalue weighted by Crippen LogP contribution is 2.30. The quantitative estimate of drug-likeness (QED) is 0.710. The number of urea groups is 1. The summed E-state index contributed by atoms with van der Waals surface area (Å²) in [6, 6.07) is 0.487. The summed E-state index contributed by atoms with van der Waals surface area (Å²) >= 11 is 0. The van der Waals surface area contributed by atoms with Crippen molar-refractivity contribution >= 4 is 6.03 Å². The smallest absolute Gasteiger partial charge is 0.320 e. The molecule has 3 nitrogen and oxygen atoms in total. The van der Waals surface area contributed by atoms with Gasteiger partial charge in [-0.3, -0.25) is 0 Å². The first-order valence-corrected chi connectivity index (χ1v) is 6.27. The average molecular weight is 226 g/mol. The van der Waals surface area contributed by atoms with Gasteiger partial charge in [0, 0.05) is 26.2 Å². The Morgan fingerprint density at radius 3 is 2.00 bits per heavy atom. The van der Waals surface area contributed by atoms with E-state index >= 15 is 0 Å². The summed E-state index contributed by atoms with van der Waals surface area (Å²) in [6.07, 6.45) is 1.15. The lowest BCUT2D eigenvalue weighted by molar-refractivity contribution is 0.0695. The van der Waals surface area contributed by atoms with Gasteiger partial charge in [0.05, 0.1) is 0 Å². The molecule has 0 N–H and O–H groups in total. The van der Waals surface area contributed by atoms with Gasteiger partial charge in [0.25, 0.3) is 0 Å². The van der Waals surface area contributed by atoms with Crippen LogP contribution < -0.4 is 0 Å². The number of nitrogens with zero attached hydrogens (tertiary/aromatic N) is 2. The van der Waals surface area contributed by atoms with E-state index in [0.717, 1.165) is 19.5 Å². The summed E-state index contributed by atoms with van der Waals surface area (Å²) in [6.45, 7) is 12.9. The van der Waals surface area contributed by atoms with Crippen LogP contribution in [0, 0.1) is 11.3 Å². The van der Waals surface area contributed by atoms with Gasteiger partial charge >= 0.3 is 6.03 Å². The summed E-state index contributed by atoms with van der Waals surface area (Å²) in [5.74, 6) is 0.482. The second kappa shape index (κ2) is 4.64. The van der Waals surface area contributed by atoms with Crippen LogP contribution in [0.5, 0.6) is 0 Å². The van der Waals surface area contributed by atoms with Crippen molar-refractivity contribution in [2.24, 2.45) is 11.3 Å². The molecule has 0 spiro atoms. The lowest BCUT2D eigenvalue weighted by Crippen LogP contribution is -2.55. The van der Waals surface area contributed by atoms with Crippen LogP contribution in [0.15, 0.2) is 0 Å². The van der Waals surface area contributed by atoms with Crippen LogP contribution in [0.4, 0.5) is 4.79 Å². The van der Waals surface area contributed by atoms with Gasteiger partial charge in [0.2, 0.25) is 0 Å². The Balaban J connectivity index is 2.74. The van der Waals surface area contributed by atoms with Crippen LogP contribution in [-0.2, 0) is 0 Å². The molecule has 0 unspecified atom stereocenters. The molecule has 0 bridgehead atoms. The Morgan fingerprint density at radius 1 is 1.25 bits per heavy atom. The zero-order valence-electron chi connectivity index (χ0n) is 11.6. The molecule has 1 atom stereocenters. The number of likely N-dealkylation sites (tertiary alicyclic amines) is 1. The Labute approximate surface area is 99.8 Å². The topological polar surface area (TPSA) is 23.6 Å². The second-order valence-electron chi connectivity index (χ2n) is 6.29. The van der Waals surface area contributed by atoms with E-state index in [1.807, 2.05) is 16.8 Å². The minimum Gasteiger partial charge on any atom is -0.325 e. The zero-order chi connectivity index (χ0) is 12.5. The van der Waals surface area contributed by atoms with Crippen molar-refractivity contribution in [2.75, 3.05) is 20.1 Å². The number of carbonyl (C=O) groups excluding carboxylic acids is 1. The molecular weight excluding hydrogens is 200 g/mol. The highest BCUT2D eigenvalue weighted by atomic mass is 16.2. The molecule has 16 heavy (non-hydrogen) atoms. The van der Waals surface area contributed by atoms with E-state index in [4.69, 9.17) is 0 Å². The third kappa shape index (κ3) is 2.69. The van der Waals surface area contributed by atoms with E-state index < -0.39 is 0 Å². The first kappa shape index (κ1) is 13.3. The van der Waals surface area contributed by atoms with Crippen LogP contribution in [0.1, 0.15) is 41.0 Å². The van der Waals surface area contributed by atoms with Crippen molar-refractivity contribution in [1.82, 2.24) is 9.80 Å². The minimum atomic E-state index is 0.128. The second-order valence-corrected chi connectivity index (χ2v) is 6.29. The van der Waals surface area contributed by atoms with Gasteiger partial charge < -0.3 is 9.80 Å². The van der Waals surface area contributed by atoms with Crippen LogP contribution >= 0.6 is 0 Å². The van der Waals surface area contributed by atoms with Crippen molar-refractivity contribution < 1.29 is 4.79 Å². The maximum atomic E-state index is 12.2. The van der Waals surface area contributed by atoms with Crippen LogP contribution in [0.3, 0.4) is 0 Å². The van der Waals surface area contributed by atoms with Crippen LogP contribution in [-0.4, -0.2) is 42.0 Å². The number of hydrogen-bond donors (Lipinski definition) is 0. The van der Waals surface area contributed by atoms with E-state index in [0.29, 0.717) is 12.0 Å². The van der Waals surface area contributed by atoms with Crippen molar-refractivity contribution in [1.29, 1.82) is 0 Å². The lowest BCUT2D eigenvalue weighted by Gasteiger charge is -2.44. The molecule has 0 aromatic heterocycles. The molecule has 0 aromatic rings. The fourth-order valence-corrected chi connectivity index (χ4v) is 2.88. The van der Waals surface area contributed by atoms with Gasteiger partial charge in [-0.2, -0.15) is 0 Å². The fraction of sp³-hybridized carbons (Fsp3) is 0.923. The van der Waals surface area contributed by atoms with Gasteiger partial charge in [-0.25, -0.2) is 4.79 Å². The maximum absolute atomic E-state index is 12.2. The van der Waals surface area contributed by atoms with Crippen molar-refractivity contribution in [2.45, 2.75) is 47.1 Å². The lowest BCUT2D eigenvalue weighted by atomic mass is 9.79. The molecule has 3 heteroatoms. The Bertz CT molecular complexity index is 251. The predicted octanol–water partition coefficient (Wildman–Crippen LogP) is 2.81. The van der Waals surface area contributed by atoms with Gasteiger partial charge in [-0.15, -0.1) is 0 Å². The van der Waals surface area contributed by atoms with Gasteiger partial charge in [-0.05, 0) is 17.8 Å². The molecule has 2 amide bonds. The van der Waals surface area contributed by atoms with Gasteiger partial charge in [0.1, 0.15) is 0 Å². The number of carbonyl (C=O) groups is 1. The summed E-state index contributed by atoms with van der Waals surface area (Å²) in [7, 11) is 1.94. The molecule has 0 saturated carbocycles. The molecule has 1 rings (SSSR count). The predicted molar refractivity (Wildman–Crippen MR) is 67.4 cm³/mol. The van der Waals surface area contributed by atoms with E-state index in [1.165, 1.54) is 0 Å². The molecule has 1 fully saturated rings. The van der Waals surface area contributed by atoms with E-state index in [2.05, 4.69) is 34.6 Å². The fourth-order valence-electron chi connectivity index (χ4n) is 2.88. The van der Waals surface area contributed by atoms with Crippen molar-refractivity contribution in [3.8, 4) is 0 Å². The summed E-state index contributed by atoms with van der Waals surface area (Å²) < 4.78 is 0. The van der Waals surface area contributed by atoms with Gasteiger partial charge in [0.15, 0.2) is 0 Å². The van der Waals surface area contributed by atoms with E-state index in [1.54, 1.807) is 0 Å². The molecule has 0 aliphatic carbocycles. The van der Waals surface area contributed by atoms with E-state index in [9.17, 15) is 4.79 Å². The standard InChI is InChI=1S/C13H26N2O/c1-10(2)11(13(3,4)5)14(6)12(16)15-8-7-9-15/h10-11H,7-9H2,1-6H3/t11-/m0/s1. The minimum absolute atomic E-state index is 0.128. The normalized spacial score (nSPS) is 18.3.